The second-order valence-electron chi connectivity index (χ2n) is 12.8. The van der Waals surface area contributed by atoms with E-state index in [1.807, 2.05) is 0 Å². The fourth-order valence-corrected chi connectivity index (χ4v) is 9.78. The van der Waals surface area contributed by atoms with Crippen molar-refractivity contribution in [1.82, 2.24) is 19.9 Å². The smallest absolute Gasteiger partial charge is 0.319 e. The fraction of sp³-hybridized carbons (Fsp3) is 0.406. The zero-order chi connectivity index (χ0) is 32.2. The molecule has 2 aromatic carbocycles. The number of hydrogen-bond donors (Lipinski definition) is 1. The number of sulfone groups is 1. The molecule has 14 heteroatoms. The number of phenolic OH excluding ortho intramolecular Hbond substituents is 1. The van der Waals surface area contributed by atoms with E-state index in [1.165, 1.54) is 18.2 Å². The molecule has 0 unspecified atom stereocenters. The summed E-state index contributed by atoms with van der Waals surface area (Å²) >= 11 is 0. The number of likely N-dealkylation sites (N-methyl/N-ethyl adjacent to an activating group) is 1. The molecule has 10 nitrogen and oxygen atoms in total. The Morgan fingerprint density at radius 3 is 2.76 bits per heavy atom. The van der Waals surface area contributed by atoms with Crippen LogP contribution >= 0.6 is 0 Å². The summed E-state index contributed by atoms with van der Waals surface area (Å²) in [5.41, 5.74) is -2.25. The fourth-order valence-electron chi connectivity index (χ4n) is 7.67. The number of benzene rings is 2. The number of halogens is 3. The van der Waals surface area contributed by atoms with E-state index >= 15 is 4.39 Å². The van der Waals surface area contributed by atoms with E-state index in [1.54, 1.807) is 11.9 Å². The number of ether oxygens (including phenoxy) is 2. The highest BCUT2D eigenvalue weighted by Crippen LogP contribution is 2.46. The summed E-state index contributed by atoms with van der Waals surface area (Å²) < 4.78 is 83.2. The highest BCUT2D eigenvalue weighted by molar-refractivity contribution is 7.93. The molecule has 4 aromatic rings. The number of terminal acetylenes is 1. The maximum absolute atomic E-state index is 16.9. The Morgan fingerprint density at radius 2 is 2.00 bits per heavy atom. The third kappa shape index (κ3) is 4.21. The number of nitrogens with zero attached hydrogens (tertiary/aromatic N) is 5. The second kappa shape index (κ2) is 9.83. The van der Waals surface area contributed by atoms with E-state index in [9.17, 15) is 22.3 Å². The van der Waals surface area contributed by atoms with Crippen molar-refractivity contribution in [3.05, 3.63) is 41.5 Å². The molecule has 0 saturated carbocycles. The predicted molar refractivity (Wildman–Crippen MR) is 164 cm³/mol. The van der Waals surface area contributed by atoms with Crippen molar-refractivity contribution in [1.29, 1.82) is 0 Å². The van der Waals surface area contributed by atoms with Gasteiger partial charge in [-0.05, 0) is 43.0 Å². The average Bonchev–Trinajstić information content (AvgIpc) is 3.49. The molecule has 3 saturated heterocycles. The summed E-state index contributed by atoms with van der Waals surface area (Å²) in [4.78, 5) is 17.3. The van der Waals surface area contributed by atoms with Gasteiger partial charge in [-0.1, -0.05) is 12.0 Å². The molecular weight excluding hydrogens is 623 g/mol. The second-order valence-corrected chi connectivity index (χ2v) is 14.8. The Kier molecular flexibility index (Phi) is 6.21. The molecule has 1 N–H and O–H groups in total. The molecule has 6 heterocycles. The molecule has 0 bridgehead atoms. The molecule has 1 spiro atoms. The predicted octanol–water partition coefficient (Wildman–Crippen LogP) is 3.76. The van der Waals surface area contributed by atoms with Gasteiger partial charge < -0.3 is 19.5 Å². The summed E-state index contributed by atoms with van der Waals surface area (Å²) in [6, 6.07) is 5.00. The standard InChI is InChI=1S/C32H28F3N5O5S/c1-3-20-22(34)6-5-17-9-19(41)10-21(23(17)20)26-25(35)27-24-28(39(2)32(14-44-29(24)36-26)15-46(42,43)16-32)38-30(37-27)45-13-31-7-4-8-40(31)12-18(33)11-31/h1,5-6,9-10,18,41H,4,7-8,11-16H2,2H3/t18-,31+/m1/s1. The average molecular weight is 652 g/mol. The van der Waals surface area contributed by atoms with Gasteiger partial charge in [-0.2, -0.15) is 9.97 Å². The minimum Gasteiger partial charge on any atom is -0.508 e. The highest BCUT2D eigenvalue weighted by Gasteiger charge is 2.55. The normalized spacial score (nSPS) is 24.4. The van der Waals surface area contributed by atoms with E-state index in [0.717, 1.165) is 25.5 Å². The molecule has 2 atom stereocenters. The number of pyridine rings is 1. The molecule has 238 valence electrons. The molecule has 0 radical (unpaired) electrons. The molecule has 3 fully saturated rings. The van der Waals surface area contributed by atoms with Gasteiger partial charge in [-0.15, -0.1) is 6.42 Å². The van der Waals surface area contributed by atoms with Crippen LogP contribution in [0.15, 0.2) is 24.3 Å². The Balaban J connectivity index is 1.34. The van der Waals surface area contributed by atoms with Gasteiger partial charge in [0.2, 0.25) is 5.88 Å². The van der Waals surface area contributed by atoms with E-state index in [-0.39, 0.29) is 81.3 Å². The third-order valence-corrected chi connectivity index (χ3v) is 11.8. The summed E-state index contributed by atoms with van der Waals surface area (Å²) in [7, 11) is -1.71. The third-order valence-electron chi connectivity index (χ3n) is 9.88. The van der Waals surface area contributed by atoms with Gasteiger partial charge in [-0.3, -0.25) is 4.90 Å². The molecule has 0 amide bonds. The van der Waals surface area contributed by atoms with Gasteiger partial charge in [0.15, 0.2) is 15.7 Å². The largest absolute Gasteiger partial charge is 0.508 e. The van der Waals surface area contributed by atoms with Crippen LogP contribution in [-0.2, 0) is 9.84 Å². The van der Waals surface area contributed by atoms with Crippen LogP contribution < -0.4 is 14.4 Å². The van der Waals surface area contributed by atoms with E-state index in [2.05, 4.69) is 25.8 Å². The first-order valence-electron chi connectivity index (χ1n) is 14.9. The number of aromatic hydroxyl groups is 1. The minimum absolute atomic E-state index is 0.00305. The topological polar surface area (TPSA) is 118 Å². The highest BCUT2D eigenvalue weighted by atomic mass is 32.2. The lowest BCUT2D eigenvalue weighted by atomic mass is 9.95. The summed E-state index contributed by atoms with van der Waals surface area (Å²) in [6.45, 7) is 1.03. The van der Waals surface area contributed by atoms with Crippen molar-refractivity contribution >= 4 is 37.3 Å². The van der Waals surface area contributed by atoms with E-state index < -0.39 is 38.7 Å². The van der Waals surface area contributed by atoms with Gasteiger partial charge in [0.25, 0.3) is 0 Å². The number of aromatic nitrogens is 3. The summed E-state index contributed by atoms with van der Waals surface area (Å²) in [5, 5.41) is 11.2. The van der Waals surface area contributed by atoms with Gasteiger partial charge >= 0.3 is 6.01 Å². The number of phenols is 1. The summed E-state index contributed by atoms with van der Waals surface area (Å²) in [6.07, 6.45) is 6.60. The number of rotatable bonds is 4. The van der Waals surface area contributed by atoms with E-state index in [0.29, 0.717) is 18.4 Å². The van der Waals surface area contributed by atoms with Crippen LogP contribution in [0.4, 0.5) is 19.0 Å². The van der Waals surface area contributed by atoms with E-state index in [4.69, 9.17) is 15.9 Å². The maximum atomic E-state index is 16.9. The zero-order valence-electron chi connectivity index (χ0n) is 24.7. The first kappa shape index (κ1) is 29.1. The van der Waals surface area contributed by atoms with Gasteiger partial charge in [-0.25, -0.2) is 26.6 Å². The molecule has 8 rings (SSSR count). The van der Waals surface area contributed by atoms with Crippen LogP contribution in [-0.4, -0.2) is 95.5 Å². The van der Waals surface area contributed by atoms with Crippen LogP contribution in [0.1, 0.15) is 24.8 Å². The lowest BCUT2D eigenvalue weighted by molar-refractivity contribution is 0.107. The number of hydrogen-bond acceptors (Lipinski definition) is 10. The summed E-state index contributed by atoms with van der Waals surface area (Å²) in [5.74, 6) is 0.0673. The van der Waals surface area contributed by atoms with Crippen LogP contribution in [0.2, 0.25) is 0 Å². The Labute approximate surface area is 262 Å². The SMILES string of the molecule is C#Cc1c(F)ccc2cc(O)cc(-c3nc4c5c(nc(OC[C@@]67CCCN6C[C@H](F)C7)nc5c3F)N(C)C3(CO4)CS(=O)(=O)C3)c12. The monoisotopic (exact) mass is 651 g/mol. The zero-order valence-corrected chi connectivity index (χ0v) is 25.5. The van der Waals surface area contributed by atoms with Crippen LogP contribution in [0.25, 0.3) is 32.9 Å². The molecular formula is C32H28F3N5O5S. The lowest BCUT2D eigenvalue weighted by Gasteiger charge is -2.46. The van der Waals surface area contributed by atoms with Crippen LogP contribution in [0.3, 0.4) is 0 Å². The Hall–Kier alpha value is -4.35. The van der Waals surface area contributed by atoms with Gasteiger partial charge in [0.1, 0.15) is 58.9 Å². The quantitative estimate of drug-likeness (QED) is 0.327. The van der Waals surface area contributed by atoms with Crippen molar-refractivity contribution < 1.29 is 36.2 Å². The van der Waals surface area contributed by atoms with Crippen molar-refractivity contribution in [2.45, 2.75) is 36.5 Å². The Bertz CT molecular complexity index is 2130. The minimum atomic E-state index is -3.36. The van der Waals surface area contributed by atoms with Gasteiger partial charge in [0.05, 0.1) is 22.6 Å². The number of fused-ring (bicyclic) bond motifs is 2. The first-order chi connectivity index (χ1) is 21.9. The number of anilines is 1. The molecule has 46 heavy (non-hydrogen) atoms. The van der Waals surface area contributed by atoms with Crippen LogP contribution in [0.5, 0.6) is 17.6 Å². The van der Waals surface area contributed by atoms with Crippen LogP contribution in [0, 0.1) is 24.0 Å². The van der Waals surface area contributed by atoms with Crippen molar-refractivity contribution in [2.75, 3.05) is 49.8 Å². The van der Waals surface area contributed by atoms with Crippen molar-refractivity contribution in [2.24, 2.45) is 0 Å². The molecule has 2 aromatic heterocycles. The Morgan fingerprint density at radius 1 is 1.20 bits per heavy atom. The molecule has 4 aliphatic rings. The van der Waals surface area contributed by atoms with Gasteiger partial charge in [0, 0.05) is 31.0 Å². The maximum Gasteiger partial charge on any atom is 0.319 e. The van der Waals surface area contributed by atoms with Crippen molar-refractivity contribution in [3.8, 4) is 41.2 Å². The van der Waals surface area contributed by atoms with Crippen molar-refractivity contribution in [3.63, 3.8) is 0 Å². The first-order valence-corrected chi connectivity index (χ1v) is 16.7. The molecule has 0 aliphatic carbocycles. The number of alkyl halides is 1. The molecule has 4 aliphatic heterocycles. The lowest BCUT2D eigenvalue weighted by Crippen LogP contribution is -2.67.